The van der Waals surface area contributed by atoms with E-state index in [-0.39, 0.29) is 0 Å². The largest absolute Gasteiger partial charge is 0.381 e. The predicted octanol–water partition coefficient (Wildman–Crippen LogP) is 4.38. The van der Waals surface area contributed by atoms with Crippen LogP contribution in [-0.2, 0) is 4.74 Å². The normalized spacial score (nSPS) is 11.4. The van der Waals surface area contributed by atoms with Crippen LogP contribution >= 0.6 is 11.6 Å². The van der Waals surface area contributed by atoms with E-state index in [1.807, 2.05) is 18.2 Å². The van der Waals surface area contributed by atoms with Gasteiger partial charge in [-0.3, -0.25) is 0 Å². The molecule has 5 nitrogen and oxygen atoms in total. The van der Waals surface area contributed by atoms with Gasteiger partial charge < -0.3 is 15.0 Å². The van der Waals surface area contributed by atoms with Crippen molar-refractivity contribution in [1.82, 2.24) is 15.0 Å². The van der Waals surface area contributed by atoms with Crippen LogP contribution in [0.4, 0.5) is 5.82 Å². The Morgan fingerprint density at radius 3 is 2.96 bits per heavy atom. The first-order chi connectivity index (χ1) is 11.3. The summed E-state index contributed by atoms with van der Waals surface area (Å²) in [4.78, 5) is 12.1. The molecule has 0 aliphatic carbocycles. The highest BCUT2D eigenvalue weighted by Crippen LogP contribution is 2.29. The van der Waals surface area contributed by atoms with Gasteiger partial charge in [0.2, 0.25) is 0 Å². The minimum atomic E-state index is 0.704. The van der Waals surface area contributed by atoms with E-state index in [4.69, 9.17) is 16.3 Å². The summed E-state index contributed by atoms with van der Waals surface area (Å²) >= 11 is 6.08. The Balaban J connectivity index is 1.68. The SMILES string of the molecule is CCCCOCCCNc1ncnc2c1[nH]c1ccc(Cl)cc12. The molecule has 1 aromatic carbocycles. The predicted molar refractivity (Wildman–Crippen MR) is 95.2 cm³/mol. The van der Waals surface area contributed by atoms with Crippen molar-refractivity contribution in [2.75, 3.05) is 25.1 Å². The Kier molecular flexibility index (Phi) is 5.31. The molecule has 0 saturated heterocycles. The van der Waals surface area contributed by atoms with Gasteiger partial charge in [0.15, 0.2) is 5.82 Å². The van der Waals surface area contributed by atoms with Gasteiger partial charge in [-0.05, 0) is 31.0 Å². The van der Waals surface area contributed by atoms with Gasteiger partial charge in [-0.1, -0.05) is 24.9 Å². The highest BCUT2D eigenvalue weighted by molar-refractivity contribution is 6.31. The van der Waals surface area contributed by atoms with E-state index in [0.717, 1.165) is 60.4 Å². The number of hydrogen-bond acceptors (Lipinski definition) is 4. The molecule has 0 radical (unpaired) electrons. The van der Waals surface area contributed by atoms with Crippen LogP contribution in [0.2, 0.25) is 5.02 Å². The van der Waals surface area contributed by atoms with E-state index in [2.05, 4.69) is 27.2 Å². The standard InChI is InChI=1S/C17H21ClN4O/c1-2-3-8-23-9-4-7-19-17-16-15(20-11-21-17)13-10-12(18)5-6-14(13)22-16/h5-6,10-11,22H,2-4,7-9H2,1H3,(H,19,20,21). The van der Waals surface area contributed by atoms with Crippen LogP contribution in [0.25, 0.3) is 21.9 Å². The Labute approximate surface area is 140 Å². The average Bonchev–Trinajstić information content (AvgIpc) is 2.93. The molecule has 2 heterocycles. The van der Waals surface area contributed by atoms with Crippen LogP contribution in [0.3, 0.4) is 0 Å². The lowest BCUT2D eigenvalue weighted by atomic mass is 10.2. The lowest BCUT2D eigenvalue weighted by Gasteiger charge is -2.06. The summed E-state index contributed by atoms with van der Waals surface area (Å²) in [5.41, 5.74) is 2.81. The summed E-state index contributed by atoms with van der Waals surface area (Å²) in [6.45, 7) is 4.59. The fourth-order valence-electron chi connectivity index (χ4n) is 2.53. The fraction of sp³-hybridized carbons (Fsp3) is 0.412. The zero-order chi connectivity index (χ0) is 16.1. The summed E-state index contributed by atoms with van der Waals surface area (Å²) in [5, 5.41) is 5.08. The maximum Gasteiger partial charge on any atom is 0.153 e. The molecule has 0 fully saturated rings. The summed E-state index contributed by atoms with van der Waals surface area (Å²) in [5.74, 6) is 0.816. The van der Waals surface area contributed by atoms with E-state index < -0.39 is 0 Å². The number of anilines is 1. The second-order valence-corrected chi connectivity index (χ2v) is 5.94. The molecule has 3 aromatic rings. The van der Waals surface area contributed by atoms with Crippen molar-refractivity contribution < 1.29 is 4.74 Å². The zero-order valence-electron chi connectivity index (χ0n) is 13.2. The van der Waals surface area contributed by atoms with Crippen molar-refractivity contribution in [2.24, 2.45) is 0 Å². The lowest BCUT2D eigenvalue weighted by Crippen LogP contribution is -2.08. The Morgan fingerprint density at radius 1 is 1.22 bits per heavy atom. The molecule has 2 aromatic heterocycles. The van der Waals surface area contributed by atoms with Crippen molar-refractivity contribution >= 4 is 39.4 Å². The van der Waals surface area contributed by atoms with Crippen molar-refractivity contribution in [3.63, 3.8) is 0 Å². The van der Waals surface area contributed by atoms with Crippen LogP contribution in [0, 0.1) is 0 Å². The molecule has 0 atom stereocenters. The number of hydrogen-bond donors (Lipinski definition) is 2. The summed E-state index contributed by atoms with van der Waals surface area (Å²) in [6.07, 6.45) is 4.82. The van der Waals surface area contributed by atoms with E-state index in [9.17, 15) is 0 Å². The van der Waals surface area contributed by atoms with E-state index in [1.54, 1.807) is 6.33 Å². The van der Waals surface area contributed by atoms with Gasteiger partial charge in [-0.2, -0.15) is 0 Å². The van der Waals surface area contributed by atoms with E-state index in [0.29, 0.717) is 5.02 Å². The highest BCUT2D eigenvalue weighted by atomic mass is 35.5. The number of halogens is 1. The number of ether oxygens (including phenoxy) is 1. The minimum Gasteiger partial charge on any atom is -0.381 e. The molecule has 122 valence electrons. The third-order valence-corrected chi connectivity index (χ3v) is 3.98. The van der Waals surface area contributed by atoms with Gasteiger partial charge >= 0.3 is 0 Å². The topological polar surface area (TPSA) is 62.8 Å². The first kappa shape index (κ1) is 16.0. The maximum atomic E-state index is 6.08. The molecule has 0 amide bonds. The number of H-pyrrole nitrogens is 1. The highest BCUT2D eigenvalue weighted by Gasteiger charge is 2.10. The fourth-order valence-corrected chi connectivity index (χ4v) is 2.70. The molecular formula is C17H21ClN4O. The van der Waals surface area contributed by atoms with Crippen molar-refractivity contribution in [3.05, 3.63) is 29.5 Å². The quantitative estimate of drug-likeness (QED) is 0.601. The molecular weight excluding hydrogens is 312 g/mol. The smallest absolute Gasteiger partial charge is 0.153 e. The number of nitrogens with zero attached hydrogens (tertiary/aromatic N) is 2. The molecule has 0 saturated carbocycles. The number of rotatable bonds is 8. The Morgan fingerprint density at radius 2 is 2.09 bits per heavy atom. The Bertz CT molecular complexity index is 787. The molecule has 0 aliphatic heterocycles. The number of fused-ring (bicyclic) bond motifs is 3. The van der Waals surface area contributed by atoms with Gasteiger partial charge in [-0.15, -0.1) is 0 Å². The average molecular weight is 333 g/mol. The van der Waals surface area contributed by atoms with Gasteiger partial charge in [0.1, 0.15) is 17.4 Å². The van der Waals surface area contributed by atoms with Crippen LogP contribution < -0.4 is 5.32 Å². The van der Waals surface area contributed by atoms with E-state index >= 15 is 0 Å². The van der Waals surface area contributed by atoms with Crippen LogP contribution in [0.15, 0.2) is 24.5 Å². The molecule has 2 N–H and O–H groups in total. The zero-order valence-corrected chi connectivity index (χ0v) is 14.0. The van der Waals surface area contributed by atoms with Crippen LogP contribution in [-0.4, -0.2) is 34.7 Å². The third kappa shape index (κ3) is 3.74. The third-order valence-electron chi connectivity index (χ3n) is 3.74. The second kappa shape index (κ2) is 7.62. The summed E-state index contributed by atoms with van der Waals surface area (Å²) < 4.78 is 5.57. The number of benzene rings is 1. The lowest BCUT2D eigenvalue weighted by molar-refractivity contribution is 0.131. The molecule has 6 heteroatoms. The minimum absolute atomic E-state index is 0.704. The summed E-state index contributed by atoms with van der Waals surface area (Å²) in [7, 11) is 0. The number of nitrogens with one attached hydrogen (secondary N) is 2. The van der Waals surface area contributed by atoms with Gasteiger partial charge in [0.05, 0.1) is 0 Å². The van der Waals surface area contributed by atoms with Crippen molar-refractivity contribution in [2.45, 2.75) is 26.2 Å². The first-order valence-corrected chi connectivity index (χ1v) is 8.41. The van der Waals surface area contributed by atoms with E-state index in [1.165, 1.54) is 6.42 Å². The molecule has 23 heavy (non-hydrogen) atoms. The summed E-state index contributed by atoms with van der Waals surface area (Å²) in [6, 6.07) is 5.76. The second-order valence-electron chi connectivity index (χ2n) is 5.51. The van der Waals surface area contributed by atoms with Crippen molar-refractivity contribution in [1.29, 1.82) is 0 Å². The van der Waals surface area contributed by atoms with Crippen molar-refractivity contribution in [3.8, 4) is 0 Å². The Hall–Kier alpha value is -1.85. The number of aromatic amines is 1. The number of unbranched alkanes of at least 4 members (excludes halogenated alkanes) is 1. The molecule has 0 aliphatic rings. The maximum absolute atomic E-state index is 6.08. The van der Waals surface area contributed by atoms with Gasteiger partial charge in [0.25, 0.3) is 0 Å². The molecule has 0 spiro atoms. The van der Waals surface area contributed by atoms with Crippen LogP contribution in [0.1, 0.15) is 26.2 Å². The van der Waals surface area contributed by atoms with Gasteiger partial charge in [0, 0.05) is 35.7 Å². The molecule has 3 rings (SSSR count). The first-order valence-electron chi connectivity index (χ1n) is 8.03. The monoisotopic (exact) mass is 332 g/mol. The van der Waals surface area contributed by atoms with Crippen LogP contribution in [0.5, 0.6) is 0 Å². The number of aromatic nitrogens is 3. The molecule has 0 bridgehead atoms. The molecule has 0 unspecified atom stereocenters. The van der Waals surface area contributed by atoms with Gasteiger partial charge in [-0.25, -0.2) is 9.97 Å².